The van der Waals surface area contributed by atoms with Crippen LogP contribution in [0, 0.1) is 0 Å². The average molecular weight is 348 g/mol. The number of benzene rings is 1. The fourth-order valence-electron chi connectivity index (χ4n) is 2.70. The van der Waals surface area contributed by atoms with Crippen molar-refractivity contribution in [2.45, 2.75) is 32.2 Å². The molecule has 1 heterocycles. The molecule has 1 saturated heterocycles. The number of hydrogen-bond acceptors (Lipinski definition) is 5. The Morgan fingerprint density at radius 1 is 1.24 bits per heavy atom. The minimum atomic E-state index is -0.903. The van der Waals surface area contributed by atoms with Gasteiger partial charge in [-0.1, -0.05) is 13.8 Å². The number of ether oxygens (including phenoxy) is 1. The van der Waals surface area contributed by atoms with Crippen LogP contribution in [0.1, 0.15) is 26.7 Å². The highest BCUT2D eigenvalue weighted by Gasteiger charge is 2.49. The van der Waals surface area contributed by atoms with E-state index >= 15 is 0 Å². The first-order valence-corrected chi connectivity index (χ1v) is 8.32. The lowest BCUT2D eigenvalue weighted by Gasteiger charge is -2.23. The molecule has 1 aliphatic rings. The number of amides is 4. The Bertz CT molecular complexity index is 641. The number of nitrogens with one attached hydrogen (secondary N) is 2. The largest absolute Gasteiger partial charge is 0.492 e. The number of hydrogen-bond donors (Lipinski definition) is 3. The Hall–Kier alpha value is -2.61. The van der Waals surface area contributed by atoms with E-state index in [2.05, 4.69) is 10.6 Å². The van der Waals surface area contributed by atoms with Crippen LogP contribution in [0.4, 0.5) is 10.5 Å². The highest BCUT2D eigenvalue weighted by Crippen LogP contribution is 2.24. The van der Waals surface area contributed by atoms with Crippen molar-refractivity contribution in [1.29, 1.82) is 0 Å². The van der Waals surface area contributed by atoms with Crippen LogP contribution in [0.3, 0.4) is 0 Å². The minimum absolute atomic E-state index is 0.322. The first kappa shape index (κ1) is 18.7. The van der Waals surface area contributed by atoms with E-state index in [0.717, 1.165) is 4.90 Å². The van der Waals surface area contributed by atoms with Crippen LogP contribution in [0.2, 0.25) is 0 Å². The van der Waals surface area contributed by atoms with Crippen molar-refractivity contribution in [2.24, 2.45) is 5.73 Å². The van der Waals surface area contributed by atoms with Gasteiger partial charge in [0.2, 0.25) is 5.91 Å². The maximum Gasteiger partial charge on any atom is 0.325 e. The van der Waals surface area contributed by atoms with Crippen LogP contribution >= 0.6 is 0 Å². The van der Waals surface area contributed by atoms with Gasteiger partial charge in [-0.15, -0.1) is 0 Å². The zero-order valence-corrected chi connectivity index (χ0v) is 14.5. The molecule has 0 radical (unpaired) electrons. The lowest BCUT2D eigenvalue weighted by Crippen LogP contribution is -2.46. The number of carbonyl (C=O) groups excluding carboxylic acids is 3. The second kappa shape index (κ2) is 7.98. The molecular weight excluding hydrogens is 324 g/mol. The van der Waals surface area contributed by atoms with E-state index < -0.39 is 17.5 Å². The van der Waals surface area contributed by atoms with E-state index in [4.69, 9.17) is 10.5 Å². The van der Waals surface area contributed by atoms with Crippen molar-refractivity contribution in [1.82, 2.24) is 10.2 Å². The molecule has 0 unspecified atom stereocenters. The fourth-order valence-corrected chi connectivity index (χ4v) is 2.70. The van der Waals surface area contributed by atoms with Gasteiger partial charge in [-0.2, -0.15) is 0 Å². The molecule has 0 aromatic heterocycles. The molecule has 4 amide bonds. The van der Waals surface area contributed by atoms with Gasteiger partial charge in [-0.25, -0.2) is 4.79 Å². The summed E-state index contributed by atoms with van der Waals surface area (Å²) >= 11 is 0. The number of imide groups is 1. The number of carbonyl (C=O) groups is 3. The third-order valence-corrected chi connectivity index (χ3v) is 4.28. The van der Waals surface area contributed by atoms with E-state index in [1.165, 1.54) is 0 Å². The quantitative estimate of drug-likeness (QED) is 0.608. The molecule has 0 spiro atoms. The van der Waals surface area contributed by atoms with Crippen LogP contribution < -0.4 is 21.1 Å². The van der Waals surface area contributed by atoms with Gasteiger partial charge in [0.15, 0.2) is 0 Å². The van der Waals surface area contributed by atoms with Crippen LogP contribution in [0.5, 0.6) is 5.75 Å². The van der Waals surface area contributed by atoms with Crippen molar-refractivity contribution < 1.29 is 19.1 Å². The Labute approximate surface area is 146 Å². The third kappa shape index (κ3) is 4.08. The van der Waals surface area contributed by atoms with Gasteiger partial charge in [0.25, 0.3) is 5.91 Å². The summed E-state index contributed by atoms with van der Waals surface area (Å²) in [6, 6.07) is 6.24. The van der Waals surface area contributed by atoms with Crippen molar-refractivity contribution in [3.63, 3.8) is 0 Å². The lowest BCUT2D eigenvalue weighted by atomic mass is 9.93. The predicted molar refractivity (Wildman–Crippen MR) is 93.2 cm³/mol. The summed E-state index contributed by atoms with van der Waals surface area (Å²) in [4.78, 5) is 37.6. The summed E-state index contributed by atoms with van der Waals surface area (Å²) in [6.45, 7) is 4.17. The molecule has 1 aromatic carbocycles. The Balaban J connectivity index is 1.96. The minimum Gasteiger partial charge on any atom is -0.492 e. The van der Waals surface area contributed by atoms with Crippen molar-refractivity contribution in [3.05, 3.63) is 24.3 Å². The number of urea groups is 1. The molecule has 1 aromatic rings. The van der Waals surface area contributed by atoms with Gasteiger partial charge in [0.1, 0.15) is 24.4 Å². The van der Waals surface area contributed by atoms with Crippen LogP contribution in [-0.4, -0.2) is 48.0 Å². The van der Waals surface area contributed by atoms with Gasteiger partial charge < -0.3 is 21.1 Å². The second-order valence-corrected chi connectivity index (χ2v) is 5.82. The molecule has 8 nitrogen and oxygen atoms in total. The molecule has 1 aliphatic heterocycles. The highest BCUT2D eigenvalue weighted by atomic mass is 16.5. The summed E-state index contributed by atoms with van der Waals surface area (Å²) in [5, 5.41) is 5.36. The summed E-state index contributed by atoms with van der Waals surface area (Å²) in [6.07, 6.45) is 0.965. The maximum atomic E-state index is 12.5. The molecule has 1 fully saturated rings. The topological polar surface area (TPSA) is 114 Å². The number of anilines is 1. The van der Waals surface area contributed by atoms with Crippen molar-refractivity contribution >= 4 is 23.5 Å². The van der Waals surface area contributed by atoms with E-state index in [0.29, 0.717) is 37.4 Å². The number of nitrogens with zero attached hydrogens (tertiary/aromatic N) is 1. The monoisotopic (exact) mass is 348 g/mol. The maximum absolute atomic E-state index is 12.5. The van der Waals surface area contributed by atoms with E-state index in [-0.39, 0.29) is 12.5 Å². The second-order valence-electron chi connectivity index (χ2n) is 5.82. The molecule has 0 saturated carbocycles. The zero-order chi connectivity index (χ0) is 18.4. The summed E-state index contributed by atoms with van der Waals surface area (Å²) in [5.41, 5.74) is 5.01. The van der Waals surface area contributed by atoms with Gasteiger partial charge in [0.05, 0.1) is 0 Å². The first-order valence-electron chi connectivity index (χ1n) is 8.32. The third-order valence-electron chi connectivity index (χ3n) is 4.28. The van der Waals surface area contributed by atoms with Crippen LogP contribution in [-0.2, 0) is 9.59 Å². The highest BCUT2D eigenvalue weighted by molar-refractivity contribution is 6.10. The molecule has 25 heavy (non-hydrogen) atoms. The Kier molecular flexibility index (Phi) is 5.97. The molecule has 136 valence electrons. The number of rotatable bonds is 8. The van der Waals surface area contributed by atoms with Gasteiger partial charge in [0, 0.05) is 12.2 Å². The summed E-state index contributed by atoms with van der Waals surface area (Å²) in [7, 11) is 0. The van der Waals surface area contributed by atoms with E-state index in [9.17, 15) is 14.4 Å². The predicted octanol–water partition coefficient (Wildman–Crippen LogP) is 1.07. The molecule has 2 rings (SSSR count). The normalized spacial score (nSPS) is 15.9. The van der Waals surface area contributed by atoms with Gasteiger partial charge in [-0.3, -0.25) is 14.5 Å². The number of nitrogens with two attached hydrogens (primary N) is 1. The van der Waals surface area contributed by atoms with E-state index in [1.807, 2.05) is 13.8 Å². The average Bonchev–Trinajstić information content (AvgIpc) is 2.85. The van der Waals surface area contributed by atoms with Crippen LogP contribution in [0.25, 0.3) is 0 Å². The molecule has 4 N–H and O–H groups in total. The smallest absolute Gasteiger partial charge is 0.325 e. The summed E-state index contributed by atoms with van der Waals surface area (Å²) in [5.74, 6) is -0.154. The molecule has 0 bridgehead atoms. The van der Waals surface area contributed by atoms with Crippen LogP contribution in [0.15, 0.2) is 24.3 Å². The van der Waals surface area contributed by atoms with Crippen molar-refractivity contribution in [2.75, 3.05) is 25.0 Å². The fraction of sp³-hybridized carbons (Fsp3) is 0.471. The van der Waals surface area contributed by atoms with Gasteiger partial charge >= 0.3 is 6.03 Å². The summed E-state index contributed by atoms with van der Waals surface area (Å²) < 4.78 is 5.35. The molecule has 0 aliphatic carbocycles. The molecule has 0 atom stereocenters. The van der Waals surface area contributed by atoms with E-state index in [1.54, 1.807) is 24.3 Å². The zero-order valence-electron chi connectivity index (χ0n) is 14.5. The molecule has 8 heteroatoms. The standard InChI is InChI=1S/C17H24N4O4/c1-3-17(4-2)15(23)21(16(24)20-17)11-14(22)19-12-5-7-13(8-6-12)25-10-9-18/h5-8H,3-4,9-11,18H2,1-2H3,(H,19,22)(H,20,24). The molecular formula is C17H24N4O4. The van der Waals surface area contributed by atoms with Crippen molar-refractivity contribution in [3.8, 4) is 5.75 Å². The first-order chi connectivity index (χ1) is 12.0. The SMILES string of the molecule is CCC1(CC)NC(=O)N(CC(=O)Nc2ccc(OCCN)cc2)C1=O. The van der Waals surface area contributed by atoms with Gasteiger partial charge in [-0.05, 0) is 37.1 Å². The lowest BCUT2D eigenvalue weighted by molar-refractivity contribution is -0.134. The Morgan fingerprint density at radius 2 is 1.88 bits per heavy atom. The Morgan fingerprint density at radius 3 is 2.40 bits per heavy atom.